The van der Waals surface area contributed by atoms with Gasteiger partial charge in [0.25, 0.3) is 0 Å². The summed E-state index contributed by atoms with van der Waals surface area (Å²) >= 11 is 0. The van der Waals surface area contributed by atoms with E-state index in [1.807, 2.05) is 0 Å². The van der Waals surface area contributed by atoms with Crippen LogP contribution in [0.2, 0.25) is 0 Å². The molecule has 0 spiro atoms. The Morgan fingerprint density at radius 2 is 1.12 bits per heavy atom. The molecule has 0 heterocycles. The lowest BCUT2D eigenvalue weighted by Crippen LogP contribution is -2.25. The third-order valence-corrected chi connectivity index (χ3v) is 2.36. The average Bonchev–Trinajstić information content (AvgIpc) is 2.27. The summed E-state index contributed by atoms with van der Waals surface area (Å²) in [5.74, 6) is -2.66. The predicted octanol–water partition coefficient (Wildman–Crippen LogP) is -0.433. The van der Waals surface area contributed by atoms with Gasteiger partial charge in [-0.1, -0.05) is 36.4 Å². The molecule has 0 atom stereocenters. The van der Waals surface area contributed by atoms with E-state index in [-0.39, 0.29) is 11.1 Å². The fourth-order valence-electron chi connectivity index (χ4n) is 1.66. The smallest absolute Gasteiger partial charge is 0.0721 e. The fourth-order valence-corrected chi connectivity index (χ4v) is 1.66. The first-order valence-electron chi connectivity index (χ1n) is 4.55. The Kier molecular flexibility index (Phi) is 2.32. The second-order valence-electron chi connectivity index (χ2n) is 3.28. The summed E-state index contributed by atoms with van der Waals surface area (Å²) in [7, 11) is 0. The zero-order valence-corrected chi connectivity index (χ0v) is 8.10. The van der Waals surface area contributed by atoms with Crippen LogP contribution in [0.25, 0.3) is 10.8 Å². The van der Waals surface area contributed by atoms with Crippen LogP contribution in [0.4, 0.5) is 0 Å². The van der Waals surface area contributed by atoms with Crippen molar-refractivity contribution in [3.8, 4) is 0 Å². The molecule has 0 aliphatic rings. The molecule has 0 aliphatic carbocycles. The Morgan fingerprint density at radius 1 is 0.750 bits per heavy atom. The molecule has 0 fully saturated rings. The predicted molar refractivity (Wildman–Crippen MR) is 52.6 cm³/mol. The van der Waals surface area contributed by atoms with Crippen LogP contribution >= 0.6 is 0 Å². The standard InChI is InChI=1S/C12H8O4/c13-11(14)9-5-6-10(12(15)16)8-4-2-1-3-7(8)9/h1-6H,(H,13,14)(H,15,16)/p-2. The molecule has 2 aromatic carbocycles. The Balaban J connectivity index is 2.87. The van der Waals surface area contributed by atoms with Crippen LogP contribution in [0.3, 0.4) is 0 Å². The van der Waals surface area contributed by atoms with E-state index in [0.717, 1.165) is 0 Å². The lowest BCUT2D eigenvalue weighted by atomic mass is 10.00. The number of rotatable bonds is 2. The number of aromatic carboxylic acids is 2. The van der Waals surface area contributed by atoms with Crippen molar-refractivity contribution in [3.05, 3.63) is 47.5 Å². The van der Waals surface area contributed by atoms with Gasteiger partial charge in [-0.2, -0.15) is 0 Å². The number of carboxylic acid groups (broad SMARTS) is 2. The minimum Gasteiger partial charge on any atom is -0.545 e. The second-order valence-corrected chi connectivity index (χ2v) is 3.28. The first-order valence-corrected chi connectivity index (χ1v) is 4.55. The maximum atomic E-state index is 10.8. The van der Waals surface area contributed by atoms with Crippen molar-refractivity contribution in [2.45, 2.75) is 0 Å². The number of hydrogen-bond acceptors (Lipinski definition) is 4. The van der Waals surface area contributed by atoms with Crippen LogP contribution in [-0.4, -0.2) is 11.9 Å². The van der Waals surface area contributed by atoms with Gasteiger partial charge in [0.15, 0.2) is 0 Å². The van der Waals surface area contributed by atoms with Crippen molar-refractivity contribution in [2.75, 3.05) is 0 Å². The molecule has 0 N–H and O–H groups in total. The van der Waals surface area contributed by atoms with Gasteiger partial charge < -0.3 is 19.8 Å². The van der Waals surface area contributed by atoms with Gasteiger partial charge in [-0.15, -0.1) is 0 Å². The molecule has 0 radical (unpaired) electrons. The van der Waals surface area contributed by atoms with Crippen molar-refractivity contribution >= 4 is 22.7 Å². The van der Waals surface area contributed by atoms with Crippen molar-refractivity contribution in [2.24, 2.45) is 0 Å². The van der Waals surface area contributed by atoms with Gasteiger partial charge in [0, 0.05) is 11.1 Å². The lowest BCUT2D eigenvalue weighted by Gasteiger charge is -2.12. The van der Waals surface area contributed by atoms with Crippen LogP contribution in [0.5, 0.6) is 0 Å². The zero-order chi connectivity index (χ0) is 11.7. The highest BCUT2D eigenvalue weighted by Crippen LogP contribution is 2.22. The molecule has 16 heavy (non-hydrogen) atoms. The van der Waals surface area contributed by atoms with Crippen molar-refractivity contribution in [1.29, 1.82) is 0 Å². The van der Waals surface area contributed by atoms with E-state index in [9.17, 15) is 19.8 Å². The fraction of sp³-hybridized carbons (Fsp3) is 0. The summed E-state index contributed by atoms with van der Waals surface area (Å²) in [6.07, 6.45) is 0. The van der Waals surface area contributed by atoms with Gasteiger partial charge in [-0.3, -0.25) is 0 Å². The number of hydrogen-bond donors (Lipinski definition) is 0. The summed E-state index contributed by atoms with van der Waals surface area (Å²) < 4.78 is 0. The maximum absolute atomic E-state index is 10.8. The summed E-state index contributed by atoms with van der Waals surface area (Å²) in [4.78, 5) is 21.6. The van der Waals surface area contributed by atoms with Crippen LogP contribution in [0.1, 0.15) is 20.7 Å². The average molecular weight is 214 g/mol. The number of carboxylic acids is 2. The highest BCUT2D eigenvalue weighted by atomic mass is 16.4. The molecule has 80 valence electrons. The van der Waals surface area contributed by atoms with Gasteiger partial charge in [0.05, 0.1) is 11.9 Å². The topological polar surface area (TPSA) is 80.3 Å². The molecule has 2 rings (SSSR count). The first kappa shape index (κ1) is 10.2. The normalized spacial score (nSPS) is 10.2. The largest absolute Gasteiger partial charge is 0.545 e. The lowest BCUT2D eigenvalue weighted by molar-refractivity contribution is -0.256. The monoisotopic (exact) mass is 214 g/mol. The molecule has 0 bridgehead atoms. The van der Waals surface area contributed by atoms with Crippen molar-refractivity contribution < 1.29 is 19.8 Å². The number of benzene rings is 2. The highest BCUT2D eigenvalue weighted by Gasteiger charge is 2.06. The van der Waals surface area contributed by atoms with Crippen LogP contribution in [0, 0.1) is 0 Å². The van der Waals surface area contributed by atoms with Gasteiger partial charge in [0.1, 0.15) is 0 Å². The van der Waals surface area contributed by atoms with E-state index in [1.54, 1.807) is 12.1 Å². The molecule has 0 saturated heterocycles. The third-order valence-electron chi connectivity index (χ3n) is 2.36. The Bertz CT molecular complexity index is 534. The van der Waals surface area contributed by atoms with Gasteiger partial charge in [-0.25, -0.2) is 0 Å². The molecule has 2 aromatic rings. The molecular weight excluding hydrogens is 208 g/mol. The van der Waals surface area contributed by atoms with Crippen LogP contribution in [-0.2, 0) is 0 Å². The molecule has 0 amide bonds. The Hall–Kier alpha value is -2.36. The first-order chi connectivity index (χ1) is 7.61. The SMILES string of the molecule is O=C([O-])c1ccc(C(=O)[O-])c2ccccc12. The third kappa shape index (κ3) is 1.50. The highest BCUT2D eigenvalue weighted by molar-refractivity contribution is 6.10. The molecular formula is C12H6O4-2. The van der Waals surface area contributed by atoms with E-state index in [4.69, 9.17) is 0 Å². The van der Waals surface area contributed by atoms with E-state index in [0.29, 0.717) is 10.8 Å². The van der Waals surface area contributed by atoms with E-state index in [1.165, 1.54) is 24.3 Å². The van der Waals surface area contributed by atoms with E-state index >= 15 is 0 Å². The molecule has 0 unspecified atom stereocenters. The minimum atomic E-state index is -1.33. The maximum Gasteiger partial charge on any atom is 0.0721 e. The van der Waals surface area contributed by atoms with Crippen molar-refractivity contribution in [1.82, 2.24) is 0 Å². The summed E-state index contributed by atoms with van der Waals surface area (Å²) in [6.45, 7) is 0. The number of carbonyl (C=O) groups is 2. The Labute approximate surface area is 90.8 Å². The van der Waals surface area contributed by atoms with Gasteiger partial charge in [0.2, 0.25) is 0 Å². The molecule has 4 nitrogen and oxygen atoms in total. The quantitative estimate of drug-likeness (QED) is 0.679. The minimum absolute atomic E-state index is 0.0272. The summed E-state index contributed by atoms with van der Waals surface area (Å²) in [6, 6.07) is 8.76. The van der Waals surface area contributed by atoms with Crippen LogP contribution < -0.4 is 10.2 Å². The van der Waals surface area contributed by atoms with Crippen LogP contribution in [0.15, 0.2) is 36.4 Å². The van der Waals surface area contributed by atoms with E-state index in [2.05, 4.69) is 0 Å². The van der Waals surface area contributed by atoms with Crippen molar-refractivity contribution in [3.63, 3.8) is 0 Å². The summed E-state index contributed by atoms with van der Waals surface area (Å²) in [5.41, 5.74) is -0.0544. The number of carbonyl (C=O) groups excluding carboxylic acids is 2. The van der Waals surface area contributed by atoms with Gasteiger partial charge >= 0.3 is 0 Å². The molecule has 0 aliphatic heterocycles. The zero-order valence-electron chi connectivity index (χ0n) is 8.10. The van der Waals surface area contributed by atoms with Gasteiger partial charge in [-0.05, 0) is 10.8 Å². The summed E-state index contributed by atoms with van der Waals surface area (Å²) in [5, 5.41) is 22.3. The number of fused-ring (bicyclic) bond motifs is 1. The molecule has 0 saturated carbocycles. The molecule has 4 heteroatoms. The second kappa shape index (κ2) is 3.66. The molecule has 0 aromatic heterocycles. The Morgan fingerprint density at radius 3 is 1.44 bits per heavy atom. The van der Waals surface area contributed by atoms with E-state index < -0.39 is 11.9 Å².